The molecule has 0 aliphatic carbocycles. The molecule has 2 amide bonds. The van der Waals surface area contributed by atoms with Crippen LogP contribution in [0.5, 0.6) is 5.75 Å². The average molecular weight is 586 g/mol. The number of nitrogens with one attached hydrogen (secondary N) is 1. The Morgan fingerprint density at radius 1 is 0.925 bits per heavy atom. The van der Waals surface area contributed by atoms with Gasteiger partial charge in [0.25, 0.3) is 10.0 Å². The van der Waals surface area contributed by atoms with Crippen LogP contribution in [0.1, 0.15) is 38.3 Å². The number of sulfonamides is 1. The van der Waals surface area contributed by atoms with Crippen LogP contribution in [0, 0.1) is 6.92 Å². The summed E-state index contributed by atoms with van der Waals surface area (Å²) in [5, 5.41) is 3.34. The van der Waals surface area contributed by atoms with Crippen molar-refractivity contribution in [3.63, 3.8) is 0 Å². The molecule has 0 bridgehead atoms. The fourth-order valence-electron chi connectivity index (χ4n) is 4.24. The fraction of sp³-hybridized carbons (Fsp3) is 0.333. The zero-order chi connectivity index (χ0) is 29.3. The van der Waals surface area contributed by atoms with Gasteiger partial charge in [0.2, 0.25) is 11.8 Å². The number of aryl methyl sites for hydroxylation is 1. The number of carbonyl (C=O) groups is 2. The zero-order valence-corrected chi connectivity index (χ0v) is 24.8. The quantitative estimate of drug-likeness (QED) is 0.298. The molecule has 214 valence electrons. The second-order valence-electron chi connectivity index (χ2n) is 9.22. The molecule has 8 nitrogen and oxygen atoms in total. The summed E-state index contributed by atoms with van der Waals surface area (Å²) >= 11 is 6.05. The zero-order valence-electron chi connectivity index (χ0n) is 23.3. The highest BCUT2D eigenvalue weighted by atomic mass is 35.5. The Hall–Kier alpha value is -3.56. The fourth-order valence-corrected chi connectivity index (χ4v) is 5.78. The van der Waals surface area contributed by atoms with Gasteiger partial charge in [-0.05, 0) is 81.3 Å². The first kappa shape index (κ1) is 31.0. The van der Waals surface area contributed by atoms with Crippen molar-refractivity contribution in [3.8, 4) is 5.75 Å². The molecule has 0 fully saturated rings. The van der Waals surface area contributed by atoms with Gasteiger partial charge in [0.05, 0.1) is 17.2 Å². The lowest BCUT2D eigenvalue weighted by molar-refractivity contribution is -0.140. The summed E-state index contributed by atoms with van der Waals surface area (Å²) in [6, 6.07) is 19.2. The van der Waals surface area contributed by atoms with Crippen LogP contribution in [-0.4, -0.2) is 50.9 Å². The summed E-state index contributed by atoms with van der Waals surface area (Å²) in [6.07, 6.45) is 0.349. The van der Waals surface area contributed by atoms with Crippen molar-refractivity contribution in [2.24, 2.45) is 0 Å². The molecule has 0 saturated heterocycles. The summed E-state index contributed by atoms with van der Waals surface area (Å²) in [5.74, 6) is -0.270. The second-order valence-corrected chi connectivity index (χ2v) is 11.5. The molecule has 3 rings (SSSR count). The lowest BCUT2D eigenvalue weighted by Crippen LogP contribution is -2.52. The standard InChI is InChI=1S/C30H36ClN3O5S/c1-5-28(30(36)32-6-2)33(20-23-10-12-24(31)13-11-23)29(35)21-34(25-14-8-22(4)9-15-25)40(37,38)27-18-16-26(17-19-27)39-7-3/h8-19,28H,5-7,20-21H2,1-4H3,(H,32,36). The van der Waals surface area contributed by atoms with Gasteiger partial charge < -0.3 is 15.0 Å². The van der Waals surface area contributed by atoms with Gasteiger partial charge in [0, 0.05) is 18.1 Å². The first-order chi connectivity index (χ1) is 19.1. The Balaban J connectivity index is 2.04. The Bertz CT molecular complexity index is 1380. The molecule has 1 atom stereocenters. The van der Waals surface area contributed by atoms with Crippen LogP contribution in [0.15, 0.2) is 77.7 Å². The maximum Gasteiger partial charge on any atom is 0.264 e. The van der Waals surface area contributed by atoms with Crippen molar-refractivity contribution in [1.82, 2.24) is 10.2 Å². The third kappa shape index (κ3) is 7.76. The van der Waals surface area contributed by atoms with Crippen molar-refractivity contribution in [3.05, 3.63) is 88.9 Å². The number of hydrogen-bond acceptors (Lipinski definition) is 5. The number of hydrogen-bond donors (Lipinski definition) is 1. The molecule has 0 radical (unpaired) electrons. The van der Waals surface area contributed by atoms with Crippen LogP contribution in [-0.2, 0) is 26.2 Å². The van der Waals surface area contributed by atoms with E-state index in [1.165, 1.54) is 17.0 Å². The molecule has 0 heterocycles. The summed E-state index contributed by atoms with van der Waals surface area (Å²) in [4.78, 5) is 28.4. The summed E-state index contributed by atoms with van der Waals surface area (Å²) < 4.78 is 34.4. The molecule has 3 aromatic carbocycles. The van der Waals surface area contributed by atoms with Crippen LogP contribution < -0.4 is 14.4 Å². The predicted molar refractivity (Wildman–Crippen MR) is 158 cm³/mol. The number of benzene rings is 3. The number of anilines is 1. The monoisotopic (exact) mass is 585 g/mol. The lowest BCUT2D eigenvalue weighted by Gasteiger charge is -2.33. The normalized spacial score (nSPS) is 11.9. The maximum absolute atomic E-state index is 14.0. The highest BCUT2D eigenvalue weighted by molar-refractivity contribution is 7.92. The number of halogens is 1. The van der Waals surface area contributed by atoms with Gasteiger partial charge in [-0.1, -0.05) is 48.4 Å². The lowest BCUT2D eigenvalue weighted by atomic mass is 10.1. The molecule has 10 heteroatoms. The number of amides is 2. The topological polar surface area (TPSA) is 96.0 Å². The number of rotatable bonds is 13. The van der Waals surface area contributed by atoms with Gasteiger partial charge in [-0.15, -0.1) is 0 Å². The molecule has 0 saturated carbocycles. The van der Waals surface area contributed by atoms with E-state index in [-0.39, 0.29) is 17.3 Å². The van der Waals surface area contributed by atoms with Gasteiger partial charge in [0.15, 0.2) is 0 Å². The maximum atomic E-state index is 14.0. The van der Waals surface area contributed by atoms with E-state index in [4.69, 9.17) is 16.3 Å². The molecular formula is C30H36ClN3O5S. The van der Waals surface area contributed by atoms with E-state index in [2.05, 4.69) is 5.32 Å². The minimum absolute atomic E-state index is 0.0179. The minimum Gasteiger partial charge on any atom is -0.494 e. The summed E-state index contributed by atoms with van der Waals surface area (Å²) in [7, 11) is -4.16. The van der Waals surface area contributed by atoms with Gasteiger partial charge in [-0.2, -0.15) is 0 Å². The molecule has 0 aliphatic rings. The van der Waals surface area contributed by atoms with Crippen molar-refractivity contribution in [2.45, 2.75) is 51.6 Å². The molecule has 0 aromatic heterocycles. The molecular weight excluding hydrogens is 550 g/mol. The van der Waals surface area contributed by atoms with Crippen molar-refractivity contribution in [1.29, 1.82) is 0 Å². The van der Waals surface area contributed by atoms with Crippen LogP contribution in [0.25, 0.3) is 0 Å². The smallest absolute Gasteiger partial charge is 0.264 e. The van der Waals surface area contributed by atoms with Crippen molar-refractivity contribution >= 4 is 39.1 Å². The number of ether oxygens (including phenoxy) is 1. The molecule has 40 heavy (non-hydrogen) atoms. The number of nitrogens with zero attached hydrogens (tertiary/aromatic N) is 2. The van der Waals surface area contributed by atoms with Crippen LogP contribution in [0.2, 0.25) is 5.02 Å². The van der Waals surface area contributed by atoms with E-state index in [0.29, 0.717) is 36.0 Å². The Labute approximate surface area is 241 Å². The van der Waals surface area contributed by atoms with Crippen LogP contribution in [0.3, 0.4) is 0 Å². The number of likely N-dealkylation sites (N-methyl/N-ethyl adjacent to an activating group) is 1. The summed E-state index contributed by atoms with van der Waals surface area (Å²) in [6.45, 7) is 7.82. The van der Waals surface area contributed by atoms with E-state index < -0.39 is 28.5 Å². The number of carbonyl (C=O) groups excluding carboxylic acids is 2. The van der Waals surface area contributed by atoms with E-state index in [9.17, 15) is 18.0 Å². The third-order valence-corrected chi connectivity index (χ3v) is 8.37. The third-order valence-electron chi connectivity index (χ3n) is 6.33. The molecule has 1 N–H and O–H groups in total. The van der Waals surface area contributed by atoms with Crippen molar-refractivity contribution < 1.29 is 22.7 Å². The Morgan fingerprint density at radius 3 is 2.10 bits per heavy atom. The molecule has 0 spiro atoms. The molecule has 0 aliphatic heterocycles. The molecule has 3 aromatic rings. The van der Waals surface area contributed by atoms with Gasteiger partial charge >= 0.3 is 0 Å². The second kappa shape index (κ2) is 14.2. The highest BCUT2D eigenvalue weighted by Gasteiger charge is 2.33. The van der Waals surface area contributed by atoms with E-state index in [0.717, 1.165) is 15.4 Å². The van der Waals surface area contributed by atoms with Gasteiger partial charge in [-0.3, -0.25) is 13.9 Å². The highest BCUT2D eigenvalue weighted by Crippen LogP contribution is 2.26. The van der Waals surface area contributed by atoms with Crippen molar-refractivity contribution in [2.75, 3.05) is 24.0 Å². The van der Waals surface area contributed by atoms with Crippen LogP contribution in [0.4, 0.5) is 5.69 Å². The van der Waals surface area contributed by atoms with E-state index in [1.807, 2.05) is 20.8 Å². The van der Waals surface area contributed by atoms with Gasteiger partial charge in [-0.25, -0.2) is 8.42 Å². The van der Waals surface area contributed by atoms with Gasteiger partial charge in [0.1, 0.15) is 18.3 Å². The predicted octanol–water partition coefficient (Wildman–Crippen LogP) is 5.19. The Kier molecular flexibility index (Phi) is 11.0. The Morgan fingerprint density at radius 2 is 1.55 bits per heavy atom. The largest absolute Gasteiger partial charge is 0.494 e. The average Bonchev–Trinajstić information content (AvgIpc) is 2.93. The minimum atomic E-state index is -4.16. The first-order valence-electron chi connectivity index (χ1n) is 13.2. The van der Waals surface area contributed by atoms with E-state index in [1.54, 1.807) is 67.6 Å². The van der Waals surface area contributed by atoms with Crippen LogP contribution >= 0.6 is 11.6 Å². The SMILES string of the molecule is CCNC(=O)C(CC)N(Cc1ccc(Cl)cc1)C(=O)CN(c1ccc(C)cc1)S(=O)(=O)c1ccc(OCC)cc1. The molecule has 1 unspecified atom stereocenters. The van der Waals surface area contributed by atoms with E-state index >= 15 is 0 Å². The summed E-state index contributed by atoms with van der Waals surface area (Å²) in [5.41, 5.74) is 2.04. The first-order valence-corrected chi connectivity index (χ1v) is 15.1.